The highest BCUT2D eigenvalue weighted by Crippen LogP contribution is 2.27. The Hall–Kier alpha value is -0.570. The summed E-state index contributed by atoms with van der Waals surface area (Å²) in [5.41, 5.74) is 5.93. The van der Waals surface area contributed by atoms with Crippen LogP contribution in [0.1, 0.15) is 71.1 Å². The first-order valence-corrected chi connectivity index (χ1v) is 8.22. The maximum atomic E-state index is 12.4. The van der Waals surface area contributed by atoms with Crippen LogP contribution in [0.25, 0.3) is 0 Å². The fourth-order valence-electron chi connectivity index (χ4n) is 3.59. The summed E-state index contributed by atoms with van der Waals surface area (Å²) < 4.78 is 0. The van der Waals surface area contributed by atoms with Crippen LogP contribution < -0.4 is 5.73 Å². The number of likely N-dealkylation sites (tertiary alicyclic amines) is 1. The molecule has 1 saturated heterocycles. The van der Waals surface area contributed by atoms with Crippen molar-refractivity contribution in [2.75, 3.05) is 6.54 Å². The average Bonchev–Trinajstić information content (AvgIpc) is 2.62. The quantitative estimate of drug-likeness (QED) is 0.853. The summed E-state index contributed by atoms with van der Waals surface area (Å²) in [6.45, 7) is 3.19. The molecule has 1 amide bonds. The molecule has 0 aromatic rings. The molecule has 2 fully saturated rings. The number of nitrogens with two attached hydrogens (primary N) is 1. The fourth-order valence-corrected chi connectivity index (χ4v) is 3.59. The molecular formula is C16H30N2O. The third kappa shape index (κ3) is 4.48. The zero-order chi connectivity index (χ0) is 13.7. The van der Waals surface area contributed by atoms with Crippen molar-refractivity contribution in [3.63, 3.8) is 0 Å². The summed E-state index contributed by atoms with van der Waals surface area (Å²) in [7, 11) is 0. The molecule has 2 rings (SSSR count). The van der Waals surface area contributed by atoms with Gasteiger partial charge in [0.2, 0.25) is 5.91 Å². The normalized spacial score (nSPS) is 32.9. The van der Waals surface area contributed by atoms with Crippen molar-refractivity contribution in [1.29, 1.82) is 0 Å². The van der Waals surface area contributed by atoms with Crippen molar-refractivity contribution in [3.8, 4) is 0 Å². The second kappa shape index (κ2) is 7.28. The molecule has 0 aromatic heterocycles. The maximum Gasteiger partial charge on any atom is 0.222 e. The Kier molecular flexibility index (Phi) is 5.68. The number of amides is 1. The molecular weight excluding hydrogens is 236 g/mol. The maximum absolute atomic E-state index is 12.4. The monoisotopic (exact) mass is 266 g/mol. The van der Waals surface area contributed by atoms with Crippen molar-refractivity contribution >= 4 is 5.91 Å². The number of carbonyl (C=O) groups excluding carboxylic acids is 1. The molecule has 0 aromatic carbocycles. The molecule has 0 radical (unpaired) electrons. The Morgan fingerprint density at radius 1 is 1.11 bits per heavy atom. The van der Waals surface area contributed by atoms with Gasteiger partial charge in [-0.15, -0.1) is 0 Å². The lowest BCUT2D eigenvalue weighted by Crippen LogP contribution is -2.38. The number of rotatable bonds is 3. The molecule has 110 valence electrons. The first kappa shape index (κ1) is 14.8. The predicted octanol–water partition coefficient (Wildman–Crippen LogP) is 3.08. The molecule has 1 aliphatic carbocycles. The average molecular weight is 266 g/mol. The Labute approximate surface area is 117 Å². The van der Waals surface area contributed by atoms with Gasteiger partial charge in [0, 0.05) is 25.0 Å². The minimum Gasteiger partial charge on any atom is -0.340 e. The van der Waals surface area contributed by atoms with Gasteiger partial charge in [-0.2, -0.15) is 0 Å². The van der Waals surface area contributed by atoms with Gasteiger partial charge in [-0.3, -0.25) is 4.79 Å². The van der Waals surface area contributed by atoms with E-state index in [0.717, 1.165) is 38.1 Å². The SMILES string of the molecule is CC1CCCCCN1C(=O)CCC1CCC(N)CC1. The van der Waals surface area contributed by atoms with E-state index in [0.29, 0.717) is 18.0 Å². The summed E-state index contributed by atoms with van der Waals surface area (Å²) in [5, 5.41) is 0. The summed E-state index contributed by atoms with van der Waals surface area (Å²) in [6, 6.07) is 0.868. The number of carbonyl (C=O) groups is 1. The lowest BCUT2D eigenvalue weighted by molar-refractivity contribution is -0.133. The van der Waals surface area contributed by atoms with Gasteiger partial charge in [-0.1, -0.05) is 12.8 Å². The molecule has 0 spiro atoms. The van der Waals surface area contributed by atoms with Crippen LogP contribution in [0, 0.1) is 5.92 Å². The highest BCUT2D eigenvalue weighted by atomic mass is 16.2. The molecule has 1 atom stereocenters. The van der Waals surface area contributed by atoms with Gasteiger partial charge in [0.25, 0.3) is 0 Å². The van der Waals surface area contributed by atoms with Crippen LogP contribution in [-0.2, 0) is 4.79 Å². The van der Waals surface area contributed by atoms with Crippen LogP contribution in [0.3, 0.4) is 0 Å². The molecule has 2 aliphatic rings. The van der Waals surface area contributed by atoms with Crippen molar-refractivity contribution in [3.05, 3.63) is 0 Å². The first-order valence-electron chi connectivity index (χ1n) is 8.22. The minimum atomic E-state index is 0.393. The molecule has 2 N–H and O–H groups in total. The van der Waals surface area contributed by atoms with Crippen LogP contribution in [0.2, 0.25) is 0 Å². The Bertz CT molecular complexity index is 284. The topological polar surface area (TPSA) is 46.3 Å². The van der Waals surface area contributed by atoms with E-state index in [1.54, 1.807) is 0 Å². The van der Waals surface area contributed by atoms with Gasteiger partial charge < -0.3 is 10.6 Å². The Morgan fingerprint density at radius 3 is 2.58 bits per heavy atom. The molecule has 1 saturated carbocycles. The van der Waals surface area contributed by atoms with E-state index < -0.39 is 0 Å². The van der Waals surface area contributed by atoms with Gasteiger partial charge in [0.15, 0.2) is 0 Å². The summed E-state index contributed by atoms with van der Waals surface area (Å²) in [5.74, 6) is 1.13. The molecule has 3 nitrogen and oxygen atoms in total. The highest BCUT2D eigenvalue weighted by molar-refractivity contribution is 5.76. The number of nitrogens with zero attached hydrogens (tertiary/aromatic N) is 1. The van der Waals surface area contributed by atoms with Gasteiger partial charge in [0.1, 0.15) is 0 Å². The molecule has 1 aliphatic heterocycles. The molecule has 1 unspecified atom stereocenters. The standard InChI is InChI=1S/C16H30N2O/c1-13-5-3-2-4-12-18(13)16(19)11-8-14-6-9-15(17)10-7-14/h13-15H,2-12,17H2,1H3. The van der Waals surface area contributed by atoms with Crippen LogP contribution in [0.5, 0.6) is 0 Å². The van der Waals surface area contributed by atoms with Crippen LogP contribution in [-0.4, -0.2) is 29.4 Å². The van der Waals surface area contributed by atoms with Crippen LogP contribution >= 0.6 is 0 Å². The van der Waals surface area contributed by atoms with E-state index in [4.69, 9.17) is 5.73 Å². The van der Waals surface area contributed by atoms with E-state index >= 15 is 0 Å². The summed E-state index contributed by atoms with van der Waals surface area (Å²) >= 11 is 0. The van der Waals surface area contributed by atoms with E-state index in [1.807, 2.05) is 0 Å². The molecule has 19 heavy (non-hydrogen) atoms. The van der Waals surface area contributed by atoms with Crippen molar-refractivity contribution < 1.29 is 4.79 Å². The van der Waals surface area contributed by atoms with Crippen LogP contribution in [0.15, 0.2) is 0 Å². The summed E-state index contributed by atoms with van der Waals surface area (Å²) in [4.78, 5) is 14.5. The smallest absolute Gasteiger partial charge is 0.222 e. The fraction of sp³-hybridized carbons (Fsp3) is 0.938. The van der Waals surface area contributed by atoms with Crippen molar-refractivity contribution in [2.24, 2.45) is 11.7 Å². The van der Waals surface area contributed by atoms with E-state index in [2.05, 4.69) is 11.8 Å². The third-order valence-corrected chi connectivity index (χ3v) is 5.03. The predicted molar refractivity (Wildman–Crippen MR) is 78.8 cm³/mol. The lowest BCUT2D eigenvalue weighted by atomic mass is 9.83. The number of hydrogen-bond acceptors (Lipinski definition) is 2. The van der Waals surface area contributed by atoms with Crippen LogP contribution in [0.4, 0.5) is 0 Å². The third-order valence-electron chi connectivity index (χ3n) is 5.03. The molecule has 1 heterocycles. The zero-order valence-corrected chi connectivity index (χ0v) is 12.4. The van der Waals surface area contributed by atoms with E-state index in [9.17, 15) is 4.79 Å². The van der Waals surface area contributed by atoms with Crippen molar-refractivity contribution in [2.45, 2.75) is 83.2 Å². The molecule has 0 bridgehead atoms. The highest BCUT2D eigenvalue weighted by Gasteiger charge is 2.24. The Balaban J connectivity index is 1.73. The lowest BCUT2D eigenvalue weighted by Gasteiger charge is -2.29. The Morgan fingerprint density at radius 2 is 1.84 bits per heavy atom. The first-order chi connectivity index (χ1) is 9.16. The number of hydrogen-bond donors (Lipinski definition) is 1. The zero-order valence-electron chi connectivity index (χ0n) is 12.4. The molecule has 3 heteroatoms. The van der Waals surface area contributed by atoms with Gasteiger partial charge >= 0.3 is 0 Å². The van der Waals surface area contributed by atoms with Gasteiger partial charge in [0.05, 0.1) is 0 Å². The largest absolute Gasteiger partial charge is 0.340 e. The van der Waals surface area contributed by atoms with E-state index in [-0.39, 0.29) is 0 Å². The van der Waals surface area contributed by atoms with Crippen molar-refractivity contribution in [1.82, 2.24) is 4.90 Å². The van der Waals surface area contributed by atoms with E-state index in [1.165, 1.54) is 38.5 Å². The minimum absolute atomic E-state index is 0.393. The second-order valence-corrected chi connectivity index (χ2v) is 6.60. The van der Waals surface area contributed by atoms with Gasteiger partial charge in [-0.05, 0) is 57.8 Å². The second-order valence-electron chi connectivity index (χ2n) is 6.60. The summed E-state index contributed by atoms with van der Waals surface area (Å²) in [6.07, 6.45) is 11.5. The van der Waals surface area contributed by atoms with Gasteiger partial charge in [-0.25, -0.2) is 0 Å².